The molecule has 3 heterocycles. The van der Waals surface area contributed by atoms with Gasteiger partial charge in [0, 0.05) is 29.9 Å². The van der Waals surface area contributed by atoms with Gasteiger partial charge < -0.3 is 9.64 Å². The van der Waals surface area contributed by atoms with E-state index in [2.05, 4.69) is 0 Å². The van der Waals surface area contributed by atoms with E-state index in [1.165, 1.54) is 4.57 Å². The summed E-state index contributed by atoms with van der Waals surface area (Å²) < 4.78 is 7.27. The van der Waals surface area contributed by atoms with Gasteiger partial charge in [-0.15, -0.1) is 0 Å². The number of hydrogen-bond donors (Lipinski definition) is 0. The number of nitrogens with zero attached hydrogens (tertiary/aromatic N) is 2. The Morgan fingerprint density at radius 2 is 1.96 bits per heavy atom. The topological polar surface area (TPSA) is 51.5 Å². The molecule has 142 valence electrons. The van der Waals surface area contributed by atoms with Gasteiger partial charge in [-0.1, -0.05) is 35.3 Å². The Labute approximate surface area is 167 Å². The van der Waals surface area contributed by atoms with Crippen LogP contribution in [0.5, 0.6) is 5.75 Å². The van der Waals surface area contributed by atoms with Gasteiger partial charge in [0.2, 0.25) is 5.91 Å². The third-order valence-electron chi connectivity index (χ3n) is 5.21. The van der Waals surface area contributed by atoms with Gasteiger partial charge in [0.05, 0.1) is 5.02 Å². The highest BCUT2D eigenvalue weighted by molar-refractivity contribution is 6.31. The predicted octanol–water partition coefficient (Wildman–Crippen LogP) is 3.84. The molecule has 1 fully saturated rings. The Kier molecular flexibility index (Phi) is 5.15. The summed E-state index contributed by atoms with van der Waals surface area (Å²) in [5.74, 6) is 0.168. The van der Waals surface area contributed by atoms with E-state index in [1.54, 1.807) is 18.2 Å². The fourth-order valence-electron chi connectivity index (χ4n) is 3.86. The van der Waals surface area contributed by atoms with Crippen LogP contribution in [0.15, 0.2) is 35.1 Å². The van der Waals surface area contributed by atoms with Crippen LogP contribution in [0, 0.1) is 0 Å². The van der Waals surface area contributed by atoms with E-state index in [0.29, 0.717) is 28.6 Å². The van der Waals surface area contributed by atoms with Crippen LogP contribution in [-0.2, 0) is 17.8 Å². The van der Waals surface area contributed by atoms with E-state index in [-0.39, 0.29) is 23.8 Å². The summed E-state index contributed by atoms with van der Waals surface area (Å²) >= 11 is 12.4. The average Bonchev–Trinajstić information content (AvgIpc) is 3.33. The predicted molar refractivity (Wildman–Crippen MR) is 105 cm³/mol. The maximum Gasteiger partial charge on any atom is 0.293 e. The second-order valence-corrected chi connectivity index (χ2v) is 7.83. The molecule has 2 aromatic rings. The van der Waals surface area contributed by atoms with E-state index in [0.717, 1.165) is 31.5 Å². The molecule has 0 spiro atoms. The fraction of sp³-hybridized carbons (Fsp3) is 0.400. The number of halogens is 2. The van der Waals surface area contributed by atoms with Crippen LogP contribution in [0.1, 0.15) is 36.6 Å². The molecule has 0 bridgehead atoms. The molecule has 1 atom stereocenters. The molecular formula is C20H20Cl2N2O3. The molecule has 0 saturated carbocycles. The number of carbonyl (C=O) groups is 1. The summed E-state index contributed by atoms with van der Waals surface area (Å²) in [6.45, 7) is 1.73. The van der Waals surface area contributed by atoms with Gasteiger partial charge in [-0.25, -0.2) is 0 Å². The molecule has 5 nitrogen and oxygen atoms in total. The van der Waals surface area contributed by atoms with E-state index in [1.807, 2.05) is 17.0 Å². The number of amides is 1. The number of benzene rings is 1. The second kappa shape index (κ2) is 7.56. The van der Waals surface area contributed by atoms with Crippen molar-refractivity contribution in [1.82, 2.24) is 9.47 Å². The SMILES string of the molecule is O=C([C@@H]1CCc2c(Cl)cc(OCc3cccc(Cl)c3)c(=O)n21)N1CCCC1. The standard InChI is InChI=1S/C20H20Cl2N2O3/c21-14-5-3-4-13(10-14)12-27-18-11-15(22)16-6-7-17(24(16)20(18)26)19(25)23-8-1-2-9-23/h3-5,10-11,17H,1-2,6-9,12H2/t17-/m0/s1. The number of hydrogen-bond acceptors (Lipinski definition) is 3. The molecule has 2 aliphatic heterocycles. The summed E-state index contributed by atoms with van der Waals surface area (Å²) in [4.78, 5) is 27.7. The lowest BCUT2D eigenvalue weighted by Gasteiger charge is -2.22. The van der Waals surface area contributed by atoms with Crippen molar-refractivity contribution < 1.29 is 9.53 Å². The second-order valence-electron chi connectivity index (χ2n) is 6.98. The maximum absolute atomic E-state index is 13.0. The van der Waals surface area contributed by atoms with Gasteiger partial charge in [0.25, 0.3) is 5.56 Å². The first-order chi connectivity index (χ1) is 13.0. The maximum atomic E-state index is 13.0. The summed E-state index contributed by atoms with van der Waals surface area (Å²) in [7, 11) is 0. The number of carbonyl (C=O) groups excluding carboxylic acids is 1. The molecule has 2 aliphatic rings. The normalized spacial score (nSPS) is 18.6. The minimum atomic E-state index is -0.488. The van der Waals surface area contributed by atoms with E-state index < -0.39 is 6.04 Å². The molecule has 1 aromatic carbocycles. The highest BCUT2D eigenvalue weighted by Crippen LogP contribution is 2.33. The molecular weight excluding hydrogens is 387 g/mol. The van der Waals surface area contributed by atoms with Crippen molar-refractivity contribution in [3.05, 3.63) is 62.0 Å². The minimum Gasteiger partial charge on any atom is -0.483 e. The highest BCUT2D eigenvalue weighted by Gasteiger charge is 2.35. The quantitative estimate of drug-likeness (QED) is 0.774. The minimum absolute atomic E-state index is 0.0106. The summed E-state index contributed by atoms with van der Waals surface area (Å²) in [5.41, 5.74) is 1.27. The zero-order chi connectivity index (χ0) is 19.0. The summed E-state index contributed by atoms with van der Waals surface area (Å²) in [5, 5.41) is 1.07. The van der Waals surface area contributed by atoms with Gasteiger partial charge in [0.1, 0.15) is 12.6 Å². The average molecular weight is 407 g/mol. The lowest BCUT2D eigenvalue weighted by atomic mass is 10.2. The first-order valence-electron chi connectivity index (χ1n) is 9.14. The Hall–Kier alpha value is -1.98. The first-order valence-corrected chi connectivity index (χ1v) is 9.90. The molecule has 27 heavy (non-hydrogen) atoms. The molecule has 1 amide bonds. The van der Waals surface area contributed by atoms with Crippen LogP contribution in [0.4, 0.5) is 0 Å². The van der Waals surface area contributed by atoms with Gasteiger partial charge in [-0.3, -0.25) is 14.2 Å². The van der Waals surface area contributed by atoms with Crippen molar-refractivity contribution in [3.63, 3.8) is 0 Å². The fourth-order valence-corrected chi connectivity index (χ4v) is 4.36. The number of fused-ring (bicyclic) bond motifs is 1. The van der Waals surface area contributed by atoms with Crippen LogP contribution >= 0.6 is 23.2 Å². The molecule has 0 unspecified atom stereocenters. The van der Waals surface area contributed by atoms with Crippen molar-refractivity contribution in [2.24, 2.45) is 0 Å². The van der Waals surface area contributed by atoms with Gasteiger partial charge >= 0.3 is 0 Å². The molecule has 0 N–H and O–H groups in total. The third-order valence-corrected chi connectivity index (χ3v) is 5.77. The number of aromatic nitrogens is 1. The number of ether oxygens (including phenoxy) is 1. The van der Waals surface area contributed by atoms with Crippen LogP contribution in [-0.4, -0.2) is 28.5 Å². The number of rotatable bonds is 4. The van der Waals surface area contributed by atoms with Crippen LogP contribution in [0.25, 0.3) is 0 Å². The number of pyridine rings is 1. The van der Waals surface area contributed by atoms with E-state index >= 15 is 0 Å². The monoisotopic (exact) mass is 406 g/mol. The lowest BCUT2D eigenvalue weighted by molar-refractivity contribution is -0.133. The summed E-state index contributed by atoms with van der Waals surface area (Å²) in [6.07, 6.45) is 3.25. The molecule has 1 saturated heterocycles. The molecule has 7 heteroatoms. The molecule has 4 rings (SSSR count). The van der Waals surface area contributed by atoms with Crippen molar-refractivity contribution in [2.75, 3.05) is 13.1 Å². The largest absolute Gasteiger partial charge is 0.483 e. The van der Waals surface area contributed by atoms with Crippen molar-refractivity contribution in [3.8, 4) is 5.75 Å². The van der Waals surface area contributed by atoms with E-state index in [9.17, 15) is 9.59 Å². The highest BCUT2D eigenvalue weighted by atomic mass is 35.5. The Bertz CT molecular complexity index is 935. The van der Waals surface area contributed by atoms with Gasteiger partial charge in [-0.2, -0.15) is 0 Å². The summed E-state index contributed by atoms with van der Waals surface area (Å²) in [6, 6.07) is 8.34. The third kappa shape index (κ3) is 3.58. The molecule has 0 aliphatic carbocycles. The van der Waals surface area contributed by atoms with Gasteiger partial charge in [-0.05, 0) is 43.4 Å². The van der Waals surface area contributed by atoms with Crippen molar-refractivity contribution in [2.45, 2.75) is 38.3 Å². The zero-order valence-electron chi connectivity index (χ0n) is 14.8. The Morgan fingerprint density at radius 3 is 2.70 bits per heavy atom. The molecule has 1 aromatic heterocycles. The van der Waals surface area contributed by atoms with Crippen LogP contribution in [0.3, 0.4) is 0 Å². The zero-order valence-corrected chi connectivity index (χ0v) is 16.3. The van der Waals surface area contributed by atoms with E-state index in [4.69, 9.17) is 27.9 Å². The smallest absolute Gasteiger partial charge is 0.293 e. The van der Waals surface area contributed by atoms with Crippen molar-refractivity contribution >= 4 is 29.1 Å². The Balaban J connectivity index is 1.62. The van der Waals surface area contributed by atoms with Crippen molar-refractivity contribution in [1.29, 1.82) is 0 Å². The van der Waals surface area contributed by atoms with Crippen LogP contribution in [0.2, 0.25) is 10.0 Å². The van der Waals surface area contributed by atoms with Crippen LogP contribution < -0.4 is 10.3 Å². The van der Waals surface area contributed by atoms with Gasteiger partial charge in [0.15, 0.2) is 5.75 Å². The number of likely N-dealkylation sites (tertiary alicyclic amines) is 1. The lowest BCUT2D eigenvalue weighted by Crippen LogP contribution is -2.37. The first kappa shape index (κ1) is 18.4. The molecule has 0 radical (unpaired) electrons. The Morgan fingerprint density at radius 1 is 1.19 bits per heavy atom.